The van der Waals surface area contributed by atoms with E-state index in [1.165, 1.54) is 11.1 Å². The number of aryl methyl sites for hydroxylation is 1. The predicted octanol–water partition coefficient (Wildman–Crippen LogP) is 7.45. The molecule has 0 aromatic heterocycles. The van der Waals surface area contributed by atoms with E-state index < -0.39 is 5.79 Å². The maximum Gasteiger partial charge on any atom is 0.223 e. The Balaban J connectivity index is 1.66. The van der Waals surface area contributed by atoms with Crippen LogP contribution >= 0.6 is 0 Å². The quantitative estimate of drug-likeness (QED) is 0.180. The summed E-state index contributed by atoms with van der Waals surface area (Å²) in [6.45, 7) is 2.05. The van der Waals surface area contributed by atoms with E-state index in [2.05, 4.69) is 97.9 Å². The molecule has 0 saturated heterocycles. The summed E-state index contributed by atoms with van der Waals surface area (Å²) >= 11 is 0. The van der Waals surface area contributed by atoms with Crippen molar-refractivity contribution in [2.75, 3.05) is 26.4 Å². The highest BCUT2D eigenvalue weighted by Crippen LogP contribution is 2.54. The zero-order chi connectivity index (χ0) is 28.2. The van der Waals surface area contributed by atoms with Crippen LogP contribution in [0.1, 0.15) is 23.6 Å². The van der Waals surface area contributed by atoms with E-state index in [1.807, 2.05) is 24.3 Å². The van der Waals surface area contributed by atoms with Crippen LogP contribution in [0.4, 0.5) is 0 Å². The topological polar surface area (TPSA) is 58.9 Å². The Morgan fingerprint density at radius 2 is 1.12 bits per heavy atom. The van der Waals surface area contributed by atoms with Gasteiger partial charge >= 0.3 is 0 Å². The molecule has 41 heavy (non-hydrogen) atoms. The lowest BCUT2D eigenvalue weighted by Gasteiger charge is -2.32. The lowest BCUT2D eigenvalue weighted by Crippen LogP contribution is -2.34. The minimum Gasteiger partial charge on any atom is -0.394 e. The van der Waals surface area contributed by atoms with Crippen molar-refractivity contribution in [3.05, 3.63) is 132 Å². The Morgan fingerprint density at radius 1 is 0.512 bits per heavy atom. The first kappa shape index (κ1) is 27.1. The third-order valence-electron chi connectivity index (χ3n) is 7.85. The lowest BCUT2D eigenvalue weighted by molar-refractivity contribution is -0.222. The molecule has 4 heteroatoms. The largest absolute Gasteiger partial charge is 0.394 e. The molecule has 5 aromatic carbocycles. The molecule has 0 saturated carbocycles. The van der Waals surface area contributed by atoms with E-state index in [0.717, 1.165) is 56.5 Å². The van der Waals surface area contributed by atoms with Crippen LogP contribution in [0.5, 0.6) is 0 Å². The van der Waals surface area contributed by atoms with Crippen molar-refractivity contribution in [1.82, 2.24) is 0 Å². The summed E-state index contributed by atoms with van der Waals surface area (Å²) in [6.07, 6.45) is 0.918. The molecule has 2 N–H and O–H groups in total. The van der Waals surface area contributed by atoms with Gasteiger partial charge in [-0.2, -0.15) is 0 Å². The van der Waals surface area contributed by atoms with Gasteiger partial charge in [-0.3, -0.25) is 0 Å². The molecule has 0 radical (unpaired) electrons. The van der Waals surface area contributed by atoms with Gasteiger partial charge in [0.25, 0.3) is 0 Å². The summed E-state index contributed by atoms with van der Waals surface area (Å²) in [5.74, 6) is -1.28. The smallest absolute Gasteiger partial charge is 0.223 e. The van der Waals surface area contributed by atoms with Gasteiger partial charge < -0.3 is 19.7 Å². The minimum atomic E-state index is -1.28. The second-order valence-corrected chi connectivity index (χ2v) is 10.2. The molecule has 0 aliphatic heterocycles. The number of hydrogen-bond donors (Lipinski definition) is 2. The lowest BCUT2D eigenvalue weighted by atomic mass is 9.87. The highest BCUT2D eigenvalue weighted by atomic mass is 16.7. The molecule has 4 nitrogen and oxygen atoms in total. The molecule has 0 amide bonds. The summed E-state index contributed by atoms with van der Waals surface area (Å²) in [7, 11) is 0. The van der Waals surface area contributed by atoms with Crippen molar-refractivity contribution in [3.63, 3.8) is 0 Å². The number of aliphatic hydroxyl groups is 2. The van der Waals surface area contributed by atoms with Crippen molar-refractivity contribution in [3.8, 4) is 44.5 Å². The van der Waals surface area contributed by atoms with Gasteiger partial charge in [0.05, 0.1) is 26.4 Å². The van der Waals surface area contributed by atoms with Gasteiger partial charge in [0.1, 0.15) is 0 Å². The third kappa shape index (κ3) is 4.90. The second-order valence-electron chi connectivity index (χ2n) is 10.2. The first-order valence-corrected chi connectivity index (χ1v) is 14.2. The van der Waals surface area contributed by atoms with Gasteiger partial charge in [-0.05, 0) is 74.7 Å². The average Bonchev–Trinajstić information content (AvgIpc) is 3.31. The van der Waals surface area contributed by atoms with Crippen LogP contribution in [0, 0.1) is 0 Å². The number of benzene rings is 5. The number of fused-ring (bicyclic) bond motifs is 3. The molecule has 1 aliphatic carbocycles. The molecule has 6 rings (SSSR count). The molecule has 206 valence electrons. The fraction of sp³-hybridized carbons (Fsp3) is 0.189. The molecular weight excluding hydrogens is 508 g/mol. The van der Waals surface area contributed by atoms with Crippen LogP contribution in [-0.4, -0.2) is 36.6 Å². The summed E-state index contributed by atoms with van der Waals surface area (Å²) in [5.41, 5.74) is 11.7. The van der Waals surface area contributed by atoms with Crippen LogP contribution in [0.15, 0.2) is 115 Å². The molecule has 0 unspecified atom stereocenters. The van der Waals surface area contributed by atoms with Gasteiger partial charge in [-0.15, -0.1) is 0 Å². The van der Waals surface area contributed by atoms with E-state index in [-0.39, 0.29) is 26.4 Å². The Morgan fingerprint density at radius 3 is 1.78 bits per heavy atom. The molecule has 0 heterocycles. The molecule has 0 bridgehead atoms. The van der Waals surface area contributed by atoms with Gasteiger partial charge in [-0.25, -0.2) is 0 Å². The summed E-state index contributed by atoms with van der Waals surface area (Å²) in [4.78, 5) is 0. The van der Waals surface area contributed by atoms with Gasteiger partial charge in [0.2, 0.25) is 5.79 Å². The van der Waals surface area contributed by atoms with Gasteiger partial charge in [-0.1, -0.05) is 104 Å². The molecule has 5 aromatic rings. The first-order valence-electron chi connectivity index (χ1n) is 14.2. The van der Waals surface area contributed by atoms with Crippen LogP contribution in [0.2, 0.25) is 0 Å². The normalized spacial score (nSPS) is 13.1. The first-order chi connectivity index (χ1) is 20.2. The SMILES string of the molecule is CCc1ccccc1-c1cc2c(cc1-c1ccccc1)C(OCCO)(OCCO)c1cc(-c3ccccc3)ccc1-2. The van der Waals surface area contributed by atoms with Crippen molar-refractivity contribution in [2.45, 2.75) is 19.1 Å². The standard InChI is InChI=1S/C37H34O4/c1-2-26-11-9-10-16-30(26)33-24-34-31-18-17-29(27-12-5-3-6-13-27)23-35(31)37(40-21-19-38,41-22-20-39)36(34)25-32(33)28-14-7-4-8-15-28/h3-18,23-25,38-39H,2,19-22H2,1H3. The average molecular weight is 543 g/mol. The van der Waals surface area contributed by atoms with E-state index in [9.17, 15) is 10.2 Å². The van der Waals surface area contributed by atoms with Crippen molar-refractivity contribution in [2.24, 2.45) is 0 Å². The molecule has 1 aliphatic rings. The Labute approximate surface area is 241 Å². The van der Waals surface area contributed by atoms with Crippen LogP contribution in [0.3, 0.4) is 0 Å². The Bertz CT molecular complexity index is 1640. The number of ether oxygens (including phenoxy) is 2. The van der Waals surface area contributed by atoms with Crippen molar-refractivity contribution in [1.29, 1.82) is 0 Å². The minimum absolute atomic E-state index is 0.0843. The van der Waals surface area contributed by atoms with Crippen LogP contribution in [0.25, 0.3) is 44.5 Å². The highest BCUT2D eigenvalue weighted by Gasteiger charge is 2.46. The summed E-state index contributed by atoms with van der Waals surface area (Å²) in [6, 6.07) is 40.0. The van der Waals surface area contributed by atoms with E-state index in [1.54, 1.807) is 0 Å². The summed E-state index contributed by atoms with van der Waals surface area (Å²) < 4.78 is 13.0. The molecule has 0 spiro atoms. The van der Waals surface area contributed by atoms with Crippen molar-refractivity contribution >= 4 is 0 Å². The van der Waals surface area contributed by atoms with E-state index in [4.69, 9.17) is 9.47 Å². The predicted molar refractivity (Wildman–Crippen MR) is 164 cm³/mol. The maximum absolute atomic E-state index is 9.85. The monoisotopic (exact) mass is 542 g/mol. The number of rotatable bonds is 10. The zero-order valence-electron chi connectivity index (χ0n) is 23.2. The maximum atomic E-state index is 9.85. The zero-order valence-corrected chi connectivity index (χ0v) is 23.2. The van der Waals surface area contributed by atoms with Gasteiger partial charge in [0.15, 0.2) is 0 Å². The third-order valence-corrected chi connectivity index (χ3v) is 7.85. The molecule has 0 atom stereocenters. The second kappa shape index (κ2) is 11.8. The van der Waals surface area contributed by atoms with Crippen molar-refractivity contribution < 1.29 is 19.7 Å². The van der Waals surface area contributed by atoms with E-state index >= 15 is 0 Å². The number of hydrogen-bond acceptors (Lipinski definition) is 4. The Hall–Kier alpha value is -4.06. The van der Waals surface area contributed by atoms with Crippen LogP contribution < -0.4 is 0 Å². The molecular formula is C37H34O4. The molecule has 0 fully saturated rings. The summed E-state index contributed by atoms with van der Waals surface area (Å²) in [5, 5.41) is 19.7. The Kier molecular flexibility index (Phi) is 7.82. The van der Waals surface area contributed by atoms with Gasteiger partial charge in [0, 0.05) is 11.1 Å². The fourth-order valence-electron chi connectivity index (χ4n) is 6.00. The van der Waals surface area contributed by atoms with E-state index in [0.29, 0.717) is 0 Å². The highest BCUT2D eigenvalue weighted by molar-refractivity contribution is 5.93. The van der Waals surface area contributed by atoms with Crippen LogP contribution in [-0.2, 0) is 21.7 Å². The fourth-order valence-corrected chi connectivity index (χ4v) is 6.00. The number of aliphatic hydroxyl groups excluding tert-OH is 2.